The van der Waals surface area contributed by atoms with Gasteiger partial charge in [0.15, 0.2) is 0 Å². The maximum atomic E-state index is 6.50. The number of aromatic nitrogens is 2. The van der Waals surface area contributed by atoms with E-state index in [1.807, 2.05) is 18.8 Å². The van der Waals surface area contributed by atoms with Crippen LogP contribution in [0.15, 0.2) is 0 Å². The molecule has 0 fully saturated rings. The van der Waals surface area contributed by atoms with Gasteiger partial charge in [0.2, 0.25) is 0 Å². The lowest BCUT2D eigenvalue weighted by atomic mass is 9.88. The summed E-state index contributed by atoms with van der Waals surface area (Å²) in [6.45, 7) is 13.2. The fourth-order valence-electron chi connectivity index (χ4n) is 3.20. The molecule has 1 aromatic heterocycles. The van der Waals surface area contributed by atoms with E-state index >= 15 is 0 Å². The molecular formula is C16H31ClN4. The number of hydrogen-bond acceptors (Lipinski definition) is 3. The van der Waals surface area contributed by atoms with E-state index in [1.54, 1.807) is 0 Å². The summed E-state index contributed by atoms with van der Waals surface area (Å²) in [5, 5.41) is 8.84. The number of nitrogens with zero attached hydrogens (tertiary/aromatic N) is 3. The van der Waals surface area contributed by atoms with Crippen LogP contribution in [0.3, 0.4) is 0 Å². The van der Waals surface area contributed by atoms with Gasteiger partial charge in [0.25, 0.3) is 0 Å². The van der Waals surface area contributed by atoms with Gasteiger partial charge in [-0.15, -0.1) is 0 Å². The van der Waals surface area contributed by atoms with E-state index in [1.165, 1.54) is 0 Å². The molecule has 1 heterocycles. The quantitative estimate of drug-likeness (QED) is 0.801. The molecule has 0 spiro atoms. The second kappa shape index (κ2) is 7.61. The lowest BCUT2D eigenvalue weighted by Crippen LogP contribution is -2.58. The van der Waals surface area contributed by atoms with Crippen LogP contribution in [0.4, 0.5) is 0 Å². The first-order valence-corrected chi connectivity index (χ1v) is 8.33. The van der Waals surface area contributed by atoms with Crippen LogP contribution in [0.25, 0.3) is 0 Å². The van der Waals surface area contributed by atoms with Crippen LogP contribution in [0, 0.1) is 0 Å². The van der Waals surface area contributed by atoms with E-state index in [9.17, 15) is 0 Å². The lowest BCUT2D eigenvalue weighted by molar-refractivity contribution is 0.0936. The zero-order chi connectivity index (χ0) is 16.2. The molecule has 0 aliphatic heterocycles. The topological polar surface area (TPSA) is 33.1 Å². The number of rotatable bonds is 8. The van der Waals surface area contributed by atoms with Gasteiger partial charge in [-0.1, -0.05) is 32.4 Å². The molecule has 1 N–H and O–H groups in total. The fraction of sp³-hybridized carbons (Fsp3) is 0.812. The van der Waals surface area contributed by atoms with Crippen molar-refractivity contribution in [3.63, 3.8) is 0 Å². The third-order valence-corrected chi connectivity index (χ3v) is 5.12. The Hall–Kier alpha value is -0.580. The summed E-state index contributed by atoms with van der Waals surface area (Å²) in [6, 6.07) is 0.315. The minimum Gasteiger partial charge on any atom is -0.315 e. The normalized spacial score (nSPS) is 14.0. The Bertz CT molecular complexity index is 449. The van der Waals surface area contributed by atoms with Gasteiger partial charge in [-0.05, 0) is 40.4 Å². The predicted molar refractivity (Wildman–Crippen MR) is 91.1 cm³/mol. The van der Waals surface area contributed by atoms with E-state index < -0.39 is 0 Å². The molecule has 0 aliphatic rings. The standard InChI is InChI=1S/C16H31ClN4/c1-8-12-15(17)13(20(7)19-12)11-14(18-6)16(4,5)21(9-2)10-3/h14,18H,8-11H2,1-7H3. The molecule has 5 heteroatoms. The zero-order valence-corrected chi connectivity index (χ0v) is 15.4. The molecule has 1 aromatic rings. The van der Waals surface area contributed by atoms with Crippen molar-refractivity contribution >= 4 is 11.6 Å². The monoisotopic (exact) mass is 314 g/mol. The van der Waals surface area contributed by atoms with Crippen molar-refractivity contribution in [3.8, 4) is 0 Å². The molecule has 4 nitrogen and oxygen atoms in total. The van der Waals surface area contributed by atoms with Crippen LogP contribution >= 0.6 is 11.6 Å². The molecule has 21 heavy (non-hydrogen) atoms. The maximum Gasteiger partial charge on any atom is 0.0850 e. The van der Waals surface area contributed by atoms with Crippen molar-refractivity contribution in [3.05, 3.63) is 16.4 Å². The summed E-state index contributed by atoms with van der Waals surface area (Å²) in [5.74, 6) is 0. The molecule has 0 bridgehead atoms. The highest BCUT2D eigenvalue weighted by Crippen LogP contribution is 2.27. The van der Waals surface area contributed by atoms with Crippen LogP contribution in [0.1, 0.15) is 46.0 Å². The van der Waals surface area contributed by atoms with Gasteiger partial charge in [0.05, 0.1) is 16.4 Å². The Morgan fingerprint density at radius 2 is 1.86 bits per heavy atom. The summed E-state index contributed by atoms with van der Waals surface area (Å²) in [7, 11) is 4.01. The SMILES string of the molecule is CCc1nn(C)c(CC(NC)C(C)(C)N(CC)CC)c1Cl. The van der Waals surface area contributed by atoms with Crippen molar-refractivity contribution in [2.75, 3.05) is 20.1 Å². The first-order chi connectivity index (χ1) is 9.83. The van der Waals surface area contributed by atoms with Crippen LogP contribution in [0.5, 0.6) is 0 Å². The highest BCUT2D eigenvalue weighted by Gasteiger charge is 2.34. The second-order valence-electron chi connectivity index (χ2n) is 6.06. The average molecular weight is 315 g/mol. The van der Waals surface area contributed by atoms with Crippen LogP contribution < -0.4 is 5.32 Å². The third-order valence-electron chi connectivity index (χ3n) is 4.68. The molecule has 1 atom stereocenters. The van der Waals surface area contributed by atoms with Gasteiger partial charge < -0.3 is 5.32 Å². The Kier molecular flexibility index (Phi) is 6.70. The summed E-state index contributed by atoms with van der Waals surface area (Å²) >= 11 is 6.50. The molecule has 1 rings (SSSR count). The van der Waals surface area contributed by atoms with Gasteiger partial charge in [-0.25, -0.2) is 0 Å². The van der Waals surface area contributed by atoms with Gasteiger partial charge in [0, 0.05) is 25.0 Å². The Balaban J connectivity index is 3.05. The first kappa shape index (κ1) is 18.5. The molecule has 0 saturated heterocycles. The molecule has 0 radical (unpaired) electrons. The number of aryl methyl sites for hydroxylation is 2. The first-order valence-electron chi connectivity index (χ1n) is 7.95. The zero-order valence-electron chi connectivity index (χ0n) is 14.6. The Morgan fingerprint density at radius 3 is 2.24 bits per heavy atom. The molecule has 1 unspecified atom stereocenters. The fourth-order valence-corrected chi connectivity index (χ4v) is 3.57. The molecule has 0 aliphatic carbocycles. The predicted octanol–water partition coefficient (Wildman–Crippen LogP) is 2.89. The van der Waals surface area contributed by atoms with Gasteiger partial charge in [-0.3, -0.25) is 9.58 Å². The van der Waals surface area contributed by atoms with E-state index in [-0.39, 0.29) is 5.54 Å². The number of nitrogens with one attached hydrogen (secondary N) is 1. The van der Waals surface area contributed by atoms with Gasteiger partial charge in [0.1, 0.15) is 0 Å². The largest absolute Gasteiger partial charge is 0.315 e. The highest BCUT2D eigenvalue weighted by atomic mass is 35.5. The smallest absolute Gasteiger partial charge is 0.0850 e. The average Bonchev–Trinajstić information content (AvgIpc) is 2.71. The van der Waals surface area contributed by atoms with Crippen LogP contribution in [-0.2, 0) is 19.9 Å². The van der Waals surface area contributed by atoms with Crippen molar-refractivity contribution in [1.29, 1.82) is 0 Å². The van der Waals surface area contributed by atoms with Gasteiger partial charge >= 0.3 is 0 Å². The Morgan fingerprint density at radius 1 is 1.29 bits per heavy atom. The minimum absolute atomic E-state index is 0.0538. The summed E-state index contributed by atoms with van der Waals surface area (Å²) in [5.41, 5.74) is 2.16. The van der Waals surface area contributed by atoms with Crippen molar-refractivity contribution in [2.45, 2.75) is 59.0 Å². The molecular weight excluding hydrogens is 284 g/mol. The van der Waals surface area contributed by atoms with E-state index in [4.69, 9.17) is 11.6 Å². The molecule has 0 aromatic carbocycles. The van der Waals surface area contributed by atoms with E-state index in [0.717, 1.165) is 42.3 Å². The van der Waals surface area contributed by atoms with E-state index in [0.29, 0.717) is 6.04 Å². The number of halogens is 1. The number of hydrogen-bond donors (Lipinski definition) is 1. The minimum atomic E-state index is 0.0538. The lowest BCUT2D eigenvalue weighted by Gasteiger charge is -2.43. The highest BCUT2D eigenvalue weighted by molar-refractivity contribution is 6.31. The Labute approximate surface area is 134 Å². The van der Waals surface area contributed by atoms with Crippen molar-refractivity contribution in [1.82, 2.24) is 20.0 Å². The van der Waals surface area contributed by atoms with Crippen LogP contribution in [0.2, 0.25) is 5.02 Å². The van der Waals surface area contributed by atoms with Crippen LogP contribution in [-0.4, -0.2) is 46.4 Å². The van der Waals surface area contributed by atoms with Crippen molar-refractivity contribution < 1.29 is 0 Å². The second-order valence-corrected chi connectivity index (χ2v) is 6.43. The summed E-state index contributed by atoms with van der Waals surface area (Å²) in [6.07, 6.45) is 1.75. The molecule has 0 amide bonds. The molecule has 122 valence electrons. The van der Waals surface area contributed by atoms with Gasteiger partial charge in [-0.2, -0.15) is 5.10 Å². The summed E-state index contributed by atoms with van der Waals surface area (Å²) in [4.78, 5) is 2.49. The van der Waals surface area contributed by atoms with E-state index in [2.05, 4.69) is 49.9 Å². The number of likely N-dealkylation sites (N-methyl/N-ethyl adjacent to an activating group) is 2. The third kappa shape index (κ3) is 3.79. The maximum absolute atomic E-state index is 6.50. The molecule has 0 saturated carbocycles. The summed E-state index contributed by atoms with van der Waals surface area (Å²) < 4.78 is 1.93. The van der Waals surface area contributed by atoms with Crippen molar-refractivity contribution in [2.24, 2.45) is 7.05 Å².